The summed E-state index contributed by atoms with van der Waals surface area (Å²) < 4.78 is 1.35. The Bertz CT molecular complexity index is 742. The highest BCUT2D eigenvalue weighted by Gasteiger charge is 2.11. The normalized spacial score (nSPS) is 10.9. The van der Waals surface area contributed by atoms with E-state index in [9.17, 15) is 0 Å². The Balaban J connectivity index is 2.44. The minimum atomic E-state index is 1.30. The summed E-state index contributed by atoms with van der Waals surface area (Å²) in [6.45, 7) is 4.34. The zero-order chi connectivity index (χ0) is 13.4. The summed E-state index contributed by atoms with van der Waals surface area (Å²) >= 11 is 2.47. The summed E-state index contributed by atoms with van der Waals surface area (Å²) in [5, 5.41) is 2.67. The molecular formula is C18H15I. The molecule has 0 aliphatic rings. The fourth-order valence-electron chi connectivity index (χ4n) is 2.51. The van der Waals surface area contributed by atoms with E-state index in [1.54, 1.807) is 0 Å². The van der Waals surface area contributed by atoms with Crippen LogP contribution >= 0.6 is 22.6 Å². The first-order valence-electron chi connectivity index (χ1n) is 6.42. The minimum Gasteiger partial charge on any atom is -0.0622 e. The second-order valence-corrected chi connectivity index (χ2v) is 6.05. The summed E-state index contributed by atoms with van der Waals surface area (Å²) in [7, 11) is 0. The number of hydrogen-bond donors (Lipinski definition) is 0. The van der Waals surface area contributed by atoms with Gasteiger partial charge in [0.25, 0.3) is 0 Å². The van der Waals surface area contributed by atoms with Crippen LogP contribution in [-0.4, -0.2) is 0 Å². The number of rotatable bonds is 1. The zero-order valence-corrected chi connectivity index (χ0v) is 13.2. The van der Waals surface area contributed by atoms with Gasteiger partial charge in [0.05, 0.1) is 0 Å². The second-order valence-electron chi connectivity index (χ2n) is 4.97. The molecule has 0 saturated carbocycles. The van der Waals surface area contributed by atoms with E-state index in [-0.39, 0.29) is 0 Å². The highest BCUT2D eigenvalue weighted by molar-refractivity contribution is 14.1. The molecule has 0 spiro atoms. The minimum absolute atomic E-state index is 1.30. The van der Waals surface area contributed by atoms with Crippen molar-refractivity contribution in [2.75, 3.05) is 0 Å². The Morgan fingerprint density at radius 3 is 2.32 bits per heavy atom. The predicted octanol–water partition coefficient (Wildman–Crippen LogP) is 5.73. The first-order valence-corrected chi connectivity index (χ1v) is 7.49. The lowest BCUT2D eigenvalue weighted by atomic mass is 9.95. The van der Waals surface area contributed by atoms with Crippen molar-refractivity contribution in [2.24, 2.45) is 0 Å². The molecule has 94 valence electrons. The lowest BCUT2D eigenvalue weighted by Crippen LogP contribution is -1.90. The van der Waals surface area contributed by atoms with Crippen molar-refractivity contribution in [1.29, 1.82) is 0 Å². The van der Waals surface area contributed by atoms with Crippen LogP contribution in [0.25, 0.3) is 21.9 Å². The van der Waals surface area contributed by atoms with Gasteiger partial charge in [-0.25, -0.2) is 0 Å². The Hall–Kier alpha value is -1.35. The van der Waals surface area contributed by atoms with Crippen LogP contribution in [0.15, 0.2) is 54.6 Å². The van der Waals surface area contributed by atoms with Crippen molar-refractivity contribution >= 4 is 33.4 Å². The Kier molecular flexibility index (Phi) is 3.31. The van der Waals surface area contributed by atoms with E-state index in [4.69, 9.17) is 0 Å². The fourth-order valence-corrected chi connectivity index (χ4v) is 3.27. The van der Waals surface area contributed by atoms with Crippen LogP contribution in [0.4, 0.5) is 0 Å². The van der Waals surface area contributed by atoms with E-state index < -0.39 is 0 Å². The highest BCUT2D eigenvalue weighted by Crippen LogP contribution is 2.35. The lowest BCUT2D eigenvalue weighted by Gasteiger charge is -2.13. The SMILES string of the molecule is Cc1ccc2cc(C)c(I)c(-c3ccccc3)c2c1. The Morgan fingerprint density at radius 2 is 1.58 bits per heavy atom. The van der Waals surface area contributed by atoms with E-state index in [1.165, 1.54) is 36.6 Å². The number of halogens is 1. The third kappa shape index (κ3) is 2.27. The third-order valence-corrected chi connectivity index (χ3v) is 4.87. The second kappa shape index (κ2) is 4.97. The van der Waals surface area contributed by atoms with Crippen LogP contribution < -0.4 is 0 Å². The topological polar surface area (TPSA) is 0 Å². The van der Waals surface area contributed by atoms with Gasteiger partial charge in [-0.2, -0.15) is 0 Å². The molecule has 0 aromatic heterocycles. The van der Waals surface area contributed by atoms with Crippen molar-refractivity contribution in [3.63, 3.8) is 0 Å². The number of benzene rings is 3. The molecule has 0 amide bonds. The van der Waals surface area contributed by atoms with E-state index in [0.717, 1.165) is 0 Å². The fraction of sp³-hybridized carbons (Fsp3) is 0.111. The largest absolute Gasteiger partial charge is 0.0622 e. The molecule has 0 heterocycles. The summed E-state index contributed by atoms with van der Waals surface area (Å²) in [5.74, 6) is 0. The summed E-state index contributed by atoms with van der Waals surface area (Å²) in [5.41, 5.74) is 5.31. The first-order chi connectivity index (χ1) is 9.16. The summed E-state index contributed by atoms with van der Waals surface area (Å²) in [4.78, 5) is 0. The molecule has 0 radical (unpaired) electrons. The van der Waals surface area contributed by atoms with Crippen LogP contribution in [-0.2, 0) is 0 Å². The van der Waals surface area contributed by atoms with Crippen molar-refractivity contribution in [3.05, 3.63) is 69.3 Å². The Morgan fingerprint density at radius 1 is 0.842 bits per heavy atom. The van der Waals surface area contributed by atoms with Gasteiger partial charge in [-0.1, -0.05) is 60.2 Å². The Labute approximate surface area is 127 Å². The molecule has 0 aliphatic carbocycles. The van der Waals surface area contributed by atoms with E-state index in [2.05, 4.69) is 91.0 Å². The molecule has 0 fully saturated rings. The van der Waals surface area contributed by atoms with E-state index >= 15 is 0 Å². The van der Waals surface area contributed by atoms with Gasteiger partial charge < -0.3 is 0 Å². The van der Waals surface area contributed by atoms with Crippen molar-refractivity contribution < 1.29 is 0 Å². The van der Waals surface area contributed by atoms with Gasteiger partial charge in [0.1, 0.15) is 0 Å². The number of hydrogen-bond acceptors (Lipinski definition) is 0. The molecule has 0 nitrogen and oxygen atoms in total. The van der Waals surface area contributed by atoms with Gasteiger partial charge in [0.2, 0.25) is 0 Å². The first kappa shape index (κ1) is 12.7. The van der Waals surface area contributed by atoms with Crippen LogP contribution in [0.1, 0.15) is 11.1 Å². The lowest BCUT2D eigenvalue weighted by molar-refractivity contribution is 1.44. The summed E-state index contributed by atoms with van der Waals surface area (Å²) in [6, 6.07) is 19.6. The molecule has 19 heavy (non-hydrogen) atoms. The van der Waals surface area contributed by atoms with Gasteiger partial charge in [0.15, 0.2) is 0 Å². The highest BCUT2D eigenvalue weighted by atomic mass is 127. The van der Waals surface area contributed by atoms with Gasteiger partial charge >= 0.3 is 0 Å². The van der Waals surface area contributed by atoms with Crippen LogP contribution in [0.3, 0.4) is 0 Å². The van der Waals surface area contributed by atoms with Crippen molar-refractivity contribution in [2.45, 2.75) is 13.8 Å². The maximum atomic E-state index is 2.47. The maximum Gasteiger partial charge on any atom is 0.0244 e. The molecule has 3 rings (SSSR count). The predicted molar refractivity (Wildman–Crippen MR) is 91.6 cm³/mol. The molecule has 1 heteroatoms. The average molecular weight is 358 g/mol. The molecule has 3 aromatic carbocycles. The number of fused-ring (bicyclic) bond motifs is 1. The van der Waals surface area contributed by atoms with Crippen molar-refractivity contribution in [1.82, 2.24) is 0 Å². The third-order valence-electron chi connectivity index (χ3n) is 3.48. The van der Waals surface area contributed by atoms with E-state index in [1.807, 2.05) is 0 Å². The van der Waals surface area contributed by atoms with Gasteiger partial charge in [-0.3, -0.25) is 0 Å². The molecule has 0 atom stereocenters. The molecule has 0 saturated heterocycles. The van der Waals surface area contributed by atoms with E-state index in [0.29, 0.717) is 0 Å². The zero-order valence-electron chi connectivity index (χ0n) is 11.1. The molecule has 3 aromatic rings. The molecule has 0 unspecified atom stereocenters. The van der Waals surface area contributed by atoms with Crippen LogP contribution in [0, 0.1) is 17.4 Å². The van der Waals surface area contributed by atoms with Gasteiger partial charge in [-0.15, -0.1) is 0 Å². The van der Waals surface area contributed by atoms with Crippen molar-refractivity contribution in [3.8, 4) is 11.1 Å². The van der Waals surface area contributed by atoms with Crippen LogP contribution in [0.2, 0.25) is 0 Å². The molecule has 0 N–H and O–H groups in total. The standard InChI is InChI=1S/C18H15I/c1-12-8-9-15-11-13(2)18(19)17(16(15)10-12)14-6-4-3-5-7-14/h3-11H,1-2H3. The maximum absolute atomic E-state index is 2.47. The smallest absolute Gasteiger partial charge is 0.0244 e. The average Bonchev–Trinajstić information content (AvgIpc) is 2.42. The van der Waals surface area contributed by atoms with Crippen LogP contribution in [0.5, 0.6) is 0 Å². The quantitative estimate of drug-likeness (QED) is 0.488. The molecular weight excluding hydrogens is 343 g/mol. The monoisotopic (exact) mass is 358 g/mol. The molecule has 0 aliphatic heterocycles. The van der Waals surface area contributed by atoms with Gasteiger partial charge in [-0.05, 0) is 58.3 Å². The summed E-state index contributed by atoms with van der Waals surface area (Å²) in [6.07, 6.45) is 0. The molecule has 0 bridgehead atoms. The van der Waals surface area contributed by atoms with Gasteiger partial charge in [0, 0.05) is 9.13 Å². The number of aryl methyl sites for hydroxylation is 2.